The van der Waals surface area contributed by atoms with Crippen LogP contribution < -0.4 is 0 Å². The van der Waals surface area contributed by atoms with Crippen molar-refractivity contribution >= 4 is 39.4 Å². The van der Waals surface area contributed by atoms with Crippen LogP contribution in [0.4, 0.5) is 0 Å². The summed E-state index contributed by atoms with van der Waals surface area (Å²) in [6.45, 7) is 4.56. The van der Waals surface area contributed by atoms with Gasteiger partial charge in [0.2, 0.25) is 5.91 Å². The number of carbonyl (C=O) groups is 2. The molecule has 0 saturated carbocycles. The Labute approximate surface area is 137 Å². The molecule has 1 aromatic carbocycles. The van der Waals surface area contributed by atoms with Gasteiger partial charge in [-0.3, -0.25) is 9.59 Å². The smallest absolute Gasteiger partial charge is 0.309 e. The Morgan fingerprint density at radius 2 is 2.19 bits per heavy atom. The van der Waals surface area contributed by atoms with E-state index in [-0.39, 0.29) is 18.2 Å². The first-order valence-corrected chi connectivity index (χ1v) is 7.95. The number of rotatable bonds is 4. The summed E-state index contributed by atoms with van der Waals surface area (Å²) in [6, 6.07) is 4.89. The van der Waals surface area contributed by atoms with Gasteiger partial charge in [-0.2, -0.15) is 0 Å². The van der Waals surface area contributed by atoms with Gasteiger partial charge in [-0.25, -0.2) is 0 Å². The Morgan fingerprint density at radius 1 is 1.52 bits per heavy atom. The van der Waals surface area contributed by atoms with E-state index >= 15 is 0 Å². The molecule has 21 heavy (non-hydrogen) atoms. The molecule has 0 aliphatic carbocycles. The molecule has 1 heterocycles. The van der Waals surface area contributed by atoms with Crippen LogP contribution in [0.25, 0.3) is 0 Å². The third-order valence-electron chi connectivity index (χ3n) is 3.60. The SMILES string of the molecule is CC(C)CN1C(=O)CC(C(=O)O)C1c1ccc(Br)c(Cl)c1. The number of carboxylic acid groups (broad SMARTS) is 1. The van der Waals surface area contributed by atoms with Gasteiger partial charge in [0.05, 0.1) is 17.0 Å². The fraction of sp³-hybridized carbons (Fsp3) is 0.467. The molecule has 2 rings (SSSR count). The molecule has 0 spiro atoms. The van der Waals surface area contributed by atoms with Crippen molar-refractivity contribution in [2.75, 3.05) is 6.54 Å². The van der Waals surface area contributed by atoms with Gasteiger partial charge in [0, 0.05) is 17.4 Å². The maximum atomic E-state index is 12.2. The van der Waals surface area contributed by atoms with Crippen LogP contribution in [0.3, 0.4) is 0 Å². The molecule has 2 unspecified atom stereocenters. The zero-order valence-corrected chi connectivity index (χ0v) is 14.2. The summed E-state index contributed by atoms with van der Waals surface area (Å²) >= 11 is 9.43. The Kier molecular flexibility index (Phi) is 4.94. The van der Waals surface area contributed by atoms with Crippen molar-refractivity contribution in [1.82, 2.24) is 4.90 Å². The second-order valence-corrected chi connectivity index (χ2v) is 6.97. The number of amides is 1. The fourth-order valence-corrected chi connectivity index (χ4v) is 3.16. The predicted octanol–water partition coefficient (Wildman–Crippen LogP) is 3.73. The first kappa shape index (κ1) is 16.3. The van der Waals surface area contributed by atoms with Gasteiger partial charge in [-0.15, -0.1) is 0 Å². The molecule has 4 nitrogen and oxygen atoms in total. The normalized spacial score (nSPS) is 22.1. The van der Waals surface area contributed by atoms with Crippen LogP contribution >= 0.6 is 27.5 Å². The van der Waals surface area contributed by atoms with Crippen LogP contribution in [0.1, 0.15) is 31.9 Å². The van der Waals surface area contributed by atoms with E-state index in [0.717, 1.165) is 10.0 Å². The molecule has 114 valence electrons. The number of hydrogen-bond acceptors (Lipinski definition) is 2. The molecule has 0 aromatic heterocycles. The second-order valence-electron chi connectivity index (χ2n) is 5.71. The first-order chi connectivity index (χ1) is 9.81. The minimum Gasteiger partial charge on any atom is -0.481 e. The number of benzene rings is 1. The third-order valence-corrected chi connectivity index (χ3v) is 4.83. The van der Waals surface area contributed by atoms with E-state index in [1.165, 1.54) is 0 Å². The first-order valence-electron chi connectivity index (χ1n) is 6.78. The maximum absolute atomic E-state index is 12.2. The van der Waals surface area contributed by atoms with Crippen LogP contribution in [-0.2, 0) is 9.59 Å². The highest BCUT2D eigenvalue weighted by Crippen LogP contribution is 2.40. The Hall–Kier alpha value is -1.07. The van der Waals surface area contributed by atoms with E-state index in [0.29, 0.717) is 11.6 Å². The summed E-state index contributed by atoms with van der Waals surface area (Å²) in [4.78, 5) is 25.3. The summed E-state index contributed by atoms with van der Waals surface area (Å²) in [7, 11) is 0. The number of hydrogen-bond donors (Lipinski definition) is 1. The Bertz CT molecular complexity index is 576. The number of aliphatic carboxylic acids is 1. The number of carboxylic acids is 1. The van der Waals surface area contributed by atoms with Gasteiger partial charge in [0.25, 0.3) is 0 Å². The summed E-state index contributed by atoms with van der Waals surface area (Å²) in [5.41, 5.74) is 0.766. The predicted molar refractivity (Wildman–Crippen MR) is 84.2 cm³/mol. The molecule has 1 aliphatic rings. The average Bonchev–Trinajstić information content (AvgIpc) is 2.70. The molecule has 1 amide bonds. The summed E-state index contributed by atoms with van der Waals surface area (Å²) in [6.07, 6.45) is 0.0421. The molecule has 2 atom stereocenters. The molecule has 1 fully saturated rings. The van der Waals surface area contributed by atoms with Crippen LogP contribution in [0, 0.1) is 11.8 Å². The van der Waals surface area contributed by atoms with Crippen molar-refractivity contribution in [1.29, 1.82) is 0 Å². The lowest BCUT2D eigenvalue weighted by Gasteiger charge is -2.29. The molecule has 1 aliphatic heterocycles. The maximum Gasteiger partial charge on any atom is 0.309 e. The Morgan fingerprint density at radius 3 is 2.71 bits per heavy atom. The van der Waals surface area contributed by atoms with Crippen molar-refractivity contribution in [2.45, 2.75) is 26.3 Å². The van der Waals surface area contributed by atoms with Crippen LogP contribution in [0.5, 0.6) is 0 Å². The molecule has 1 aromatic rings. The lowest BCUT2D eigenvalue weighted by atomic mass is 9.93. The molecular formula is C15H17BrClNO3. The van der Waals surface area contributed by atoms with E-state index in [1.54, 1.807) is 17.0 Å². The number of likely N-dealkylation sites (tertiary alicyclic amines) is 1. The molecule has 0 radical (unpaired) electrons. The number of nitrogens with zero attached hydrogens (tertiary/aromatic N) is 1. The van der Waals surface area contributed by atoms with Gasteiger partial charge in [-0.05, 0) is 39.5 Å². The summed E-state index contributed by atoms with van der Waals surface area (Å²) in [5.74, 6) is -1.51. The largest absolute Gasteiger partial charge is 0.481 e. The van der Waals surface area contributed by atoms with E-state index < -0.39 is 17.9 Å². The quantitative estimate of drug-likeness (QED) is 0.873. The highest BCUT2D eigenvalue weighted by molar-refractivity contribution is 9.10. The van der Waals surface area contributed by atoms with Gasteiger partial charge in [-0.1, -0.05) is 31.5 Å². The van der Waals surface area contributed by atoms with E-state index in [4.69, 9.17) is 11.6 Å². The van der Waals surface area contributed by atoms with Gasteiger partial charge in [0.15, 0.2) is 0 Å². The molecule has 0 bridgehead atoms. The van der Waals surface area contributed by atoms with E-state index in [2.05, 4.69) is 15.9 Å². The number of carbonyl (C=O) groups excluding carboxylic acids is 1. The second kappa shape index (κ2) is 6.36. The molecule has 1 N–H and O–H groups in total. The fourth-order valence-electron chi connectivity index (χ4n) is 2.73. The van der Waals surface area contributed by atoms with Crippen molar-refractivity contribution in [3.63, 3.8) is 0 Å². The highest BCUT2D eigenvalue weighted by atomic mass is 79.9. The van der Waals surface area contributed by atoms with Crippen molar-refractivity contribution < 1.29 is 14.7 Å². The highest BCUT2D eigenvalue weighted by Gasteiger charge is 2.44. The lowest BCUT2D eigenvalue weighted by Crippen LogP contribution is -2.33. The van der Waals surface area contributed by atoms with E-state index in [1.807, 2.05) is 19.9 Å². The number of halogens is 2. The van der Waals surface area contributed by atoms with Crippen molar-refractivity contribution in [2.24, 2.45) is 11.8 Å². The average molecular weight is 375 g/mol. The van der Waals surface area contributed by atoms with Gasteiger partial charge in [0.1, 0.15) is 0 Å². The monoisotopic (exact) mass is 373 g/mol. The molecular weight excluding hydrogens is 358 g/mol. The van der Waals surface area contributed by atoms with Crippen molar-refractivity contribution in [3.8, 4) is 0 Å². The zero-order valence-electron chi connectivity index (χ0n) is 11.8. The topological polar surface area (TPSA) is 57.6 Å². The zero-order chi connectivity index (χ0) is 15.7. The molecule has 1 saturated heterocycles. The van der Waals surface area contributed by atoms with E-state index in [9.17, 15) is 14.7 Å². The minimum atomic E-state index is -0.946. The Balaban J connectivity index is 2.43. The van der Waals surface area contributed by atoms with Crippen LogP contribution in [0.15, 0.2) is 22.7 Å². The van der Waals surface area contributed by atoms with Crippen LogP contribution in [-0.4, -0.2) is 28.4 Å². The lowest BCUT2D eigenvalue weighted by molar-refractivity contribution is -0.142. The van der Waals surface area contributed by atoms with Gasteiger partial charge < -0.3 is 10.0 Å². The summed E-state index contributed by atoms with van der Waals surface area (Å²) < 4.78 is 0.750. The molecule has 6 heteroatoms. The minimum absolute atomic E-state index is 0.0421. The van der Waals surface area contributed by atoms with Crippen molar-refractivity contribution in [3.05, 3.63) is 33.3 Å². The van der Waals surface area contributed by atoms with Crippen LogP contribution in [0.2, 0.25) is 5.02 Å². The van der Waals surface area contributed by atoms with Gasteiger partial charge >= 0.3 is 5.97 Å². The standard InChI is InChI=1S/C15H17BrClNO3/c1-8(2)7-18-13(19)6-10(15(20)21)14(18)9-3-4-11(16)12(17)5-9/h3-5,8,10,14H,6-7H2,1-2H3,(H,20,21). The third kappa shape index (κ3) is 3.40. The summed E-state index contributed by atoms with van der Waals surface area (Å²) in [5, 5.41) is 9.93.